The number of piperidine rings is 1. The lowest BCUT2D eigenvalue weighted by atomic mass is 9.97. The van der Waals surface area contributed by atoms with Crippen LogP contribution in [0.4, 0.5) is 0 Å². The van der Waals surface area contributed by atoms with Crippen molar-refractivity contribution in [1.82, 2.24) is 4.90 Å². The first kappa shape index (κ1) is 14.9. The molecule has 0 radical (unpaired) electrons. The van der Waals surface area contributed by atoms with Gasteiger partial charge >= 0.3 is 0 Å². The molecule has 1 aliphatic rings. The molecular weight excluding hydrogens is 254 g/mol. The van der Waals surface area contributed by atoms with Crippen molar-refractivity contribution in [2.75, 3.05) is 26.3 Å². The summed E-state index contributed by atoms with van der Waals surface area (Å²) in [6.07, 6.45) is 2.75. The van der Waals surface area contributed by atoms with Gasteiger partial charge in [-0.3, -0.25) is 4.79 Å². The van der Waals surface area contributed by atoms with Crippen LogP contribution in [0, 0.1) is 5.92 Å². The van der Waals surface area contributed by atoms with E-state index in [0.717, 1.165) is 38.1 Å². The number of aliphatic hydroxyl groups is 1. The van der Waals surface area contributed by atoms with Gasteiger partial charge < -0.3 is 14.7 Å². The third kappa shape index (κ3) is 3.73. The predicted molar refractivity (Wildman–Crippen MR) is 77.9 cm³/mol. The van der Waals surface area contributed by atoms with Gasteiger partial charge in [-0.15, -0.1) is 0 Å². The van der Waals surface area contributed by atoms with Crippen LogP contribution in [-0.2, 0) is 0 Å². The van der Waals surface area contributed by atoms with Crippen LogP contribution in [0.5, 0.6) is 5.75 Å². The molecule has 1 N–H and O–H groups in total. The molecule has 1 aromatic carbocycles. The molecule has 4 nitrogen and oxygen atoms in total. The second kappa shape index (κ2) is 7.29. The number of benzene rings is 1. The van der Waals surface area contributed by atoms with Gasteiger partial charge in [0, 0.05) is 25.3 Å². The molecule has 0 aliphatic carbocycles. The first-order valence-electron chi connectivity index (χ1n) is 7.37. The Morgan fingerprint density at radius 3 is 2.50 bits per heavy atom. The number of nitrogens with zero attached hydrogens (tertiary/aromatic N) is 1. The zero-order valence-corrected chi connectivity index (χ0v) is 12.0. The molecule has 0 spiro atoms. The molecule has 20 heavy (non-hydrogen) atoms. The second-order valence-corrected chi connectivity index (χ2v) is 5.29. The predicted octanol–water partition coefficient (Wildman–Crippen LogP) is 2.32. The molecule has 1 fully saturated rings. The fourth-order valence-electron chi connectivity index (χ4n) is 2.41. The van der Waals surface area contributed by atoms with Crippen LogP contribution in [0.1, 0.15) is 36.5 Å². The Morgan fingerprint density at radius 2 is 1.95 bits per heavy atom. The number of hydrogen-bond acceptors (Lipinski definition) is 3. The highest BCUT2D eigenvalue weighted by Crippen LogP contribution is 2.19. The lowest BCUT2D eigenvalue weighted by Crippen LogP contribution is -2.39. The maximum absolute atomic E-state index is 12.3. The van der Waals surface area contributed by atoms with Crippen molar-refractivity contribution >= 4 is 5.91 Å². The molecule has 1 aliphatic heterocycles. The standard InChI is InChI=1S/C16H23NO3/c1-2-11-20-15-5-3-14(4-6-15)16(19)17-9-7-13(12-18)8-10-17/h3-6,13,18H,2,7-12H2,1H3. The first-order chi connectivity index (χ1) is 9.74. The van der Waals surface area contributed by atoms with Crippen LogP contribution < -0.4 is 4.74 Å². The summed E-state index contributed by atoms with van der Waals surface area (Å²) in [5, 5.41) is 9.12. The third-order valence-electron chi connectivity index (χ3n) is 3.73. The van der Waals surface area contributed by atoms with Crippen molar-refractivity contribution in [3.63, 3.8) is 0 Å². The zero-order valence-electron chi connectivity index (χ0n) is 12.0. The fourth-order valence-corrected chi connectivity index (χ4v) is 2.41. The Bertz CT molecular complexity index is 422. The van der Waals surface area contributed by atoms with Crippen LogP contribution in [0.3, 0.4) is 0 Å². The van der Waals surface area contributed by atoms with E-state index in [1.165, 1.54) is 0 Å². The number of ether oxygens (including phenoxy) is 1. The summed E-state index contributed by atoms with van der Waals surface area (Å²) in [7, 11) is 0. The molecule has 110 valence electrons. The van der Waals surface area contributed by atoms with E-state index in [4.69, 9.17) is 9.84 Å². The van der Waals surface area contributed by atoms with E-state index in [1.807, 2.05) is 29.2 Å². The van der Waals surface area contributed by atoms with Crippen molar-refractivity contribution in [2.24, 2.45) is 5.92 Å². The number of likely N-dealkylation sites (tertiary alicyclic amines) is 1. The van der Waals surface area contributed by atoms with E-state index < -0.39 is 0 Å². The van der Waals surface area contributed by atoms with Crippen LogP contribution in [0.2, 0.25) is 0 Å². The Morgan fingerprint density at radius 1 is 1.30 bits per heavy atom. The largest absolute Gasteiger partial charge is 0.494 e. The molecule has 2 rings (SSSR count). The van der Waals surface area contributed by atoms with Crippen LogP contribution in [0.25, 0.3) is 0 Å². The average Bonchev–Trinajstić information content (AvgIpc) is 2.53. The van der Waals surface area contributed by atoms with Gasteiger partial charge in [0.2, 0.25) is 0 Å². The van der Waals surface area contributed by atoms with Crippen LogP contribution >= 0.6 is 0 Å². The molecule has 1 heterocycles. The van der Waals surface area contributed by atoms with Crippen molar-refractivity contribution in [3.8, 4) is 5.75 Å². The van der Waals surface area contributed by atoms with Gasteiger partial charge in [-0.25, -0.2) is 0 Å². The molecule has 0 unspecified atom stereocenters. The summed E-state index contributed by atoms with van der Waals surface area (Å²) in [6, 6.07) is 7.35. The Hall–Kier alpha value is -1.55. The summed E-state index contributed by atoms with van der Waals surface area (Å²) in [4.78, 5) is 14.2. The molecule has 0 bridgehead atoms. The SMILES string of the molecule is CCCOc1ccc(C(=O)N2CCC(CO)CC2)cc1. The van der Waals surface area contributed by atoms with Gasteiger partial charge in [0.15, 0.2) is 0 Å². The maximum Gasteiger partial charge on any atom is 0.253 e. The highest BCUT2D eigenvalue weighted by atomic mass is 16.5. The summed E-state index contributed by atoms with van der Waals surface area (Å²) < 4.78 is 5.51. The van der Waals surface area contributed by atoms with Gasteiger partial charge in [0.05, 0.1) is 6.61 Å². The molecule has 4 heteroatoms. The number of aliphatic hydroxyl groups excluding tert-OH is 1. The third-order valence-corrected chi connectivity index (χ3v) is 3.73. The lowest BCUT2D eigenvalue weighted by Gasteiger charge is -2.31. The van der Waals surface area contributed by atoms with Gasteiger partial charge in [0.1, 0.15) is 5.75 Å². The lowest BCUT2D eigenvalue weighted by molar-refractivity contribution is 0.0651. The van der Waals surface area contributed by atoms with Crippen molar-refractivity contribution < 1.29 is 14.6 Å². The number of carbonyl (C=O) groups excluding carboxylic acids is 1. The fraction of sp³-hybridized carbons (Fsp3) is 0.562. The normalized spacial score (nSPS) is 16.2. The highest BCUT2D eigenvalue weighted by Gasteiger charge is 2.23. The number of hydrogen-bond donors (Lipinski definition) is 1. The highest BCUT2D eigenvalue weighted by molar-refractivity contribution is 5.94. The summed E-state index contributed by atoms with van der Waals surface area (Å²) in [5.41, 5.74) is 0.705. The monoisotopic (exact) mass is 277 g/mol. The van der Waals surface area contributed by atoms with Crippen molar-refractivity contribution in [3.05, 3.63) is 29.8 Å². The van der Waals surface area contributed by atoms with Crippen molar-refractivity contribution in [1.29, 1.82) is 0 Å². The molecular formula is C16H23NO3. The van der Waals surface area contributed by atoms with Gasteiger partial charge in [0.25, 0.3) is 5.91 Å². The minimum Gasteiger partial charge on any atom is -0.494 e. The van der Waals surface area contributed by atoms with E-state index in [0.29, 0.717) is 18.1 Å². The van der Waals surface area contributed by atoms with E-state index in [-0.39, 0.29) is 12.5 Å². The van der Waals surface area contributed by atoms with E-state index >= 15 is 0 Å². The summed E-state index contributed by atoms with van der Waals surface area (Å²) in [5.74, 6) is 1.23. The molecule has 1 amide bonds. The summed E-state index contributed by atoms with van der Waals surface area (Å²) in [6.45, 7) is 4.46. The Labute approximate surface area is 120 Å². The molecule has 0 atom stereocenters. The van der Waals surface area contributed by atoms with E-state index in [2.05, 4.69) is 6.92 Å². The number of amides is 1. The molecule has 0 saturated carbocycles. The Kier molecular flexibility index (Phi) is 5.41. The number of rotatable bonds is 5. The van der Waals surface area contributed by atoms with Crippen LogP contribution in [0.15, 0.2) is 24.3 Å². The minimum atomic E-state index is 0.0726. The Balaban J connectivity index is 1.92. The second-order valence-electron chi connectivity index (χ2n) is 5.29. The minimum absolute atomic E-state index is 0.0726. The average molecular weight is 277 g/mol. The molecule has 0 aromatic heterocycles. The van der Waals surface area contributed by atoms with Gasteiger partial charge in [-0.1, -0.05) is 6.92 Å². The van der Waals surface area contributed by atoms with Crippen LogP contribution in [-0.4, -0.2) is 42.2 Å². The van der Waals surface area contributed by atoms with Crippen molar-refractivity contribution in [2.45, 2.75) is 26.2 Å². The maximum atomic E-state index is 12.3. The summed E-state index contributed by atoms with van der Waals surface area (Å²) >= 11 is 0. The quantitative estimate of drug-likeness (QED) is 0.898. The van der Waals surface area contributed by atoms with Gasteiger partial charge in [-0.05, 0) is 49.4 Å². The van der Waals surface area contributed by atoms with Gasteiger partial charge in [-0.2, -0.15) is 0 Å². The topological polar surface area (TPSA) is 49.8 Å². The zero-order chi connectivity index (χ0) is 14.4. The van der Waals surface area contributed by atoms with E-state index in [1.54, 1.807) is 0 Å². The first-order valence-corrected chi connectivity index (χ1v) is 7.37. The molecule has 1 saturated heterocycles. The van der Waals surface area contributed by atoms with E-state index in [9.17, 15) is 4.79 Å². The number of carbonyl (C=O) groups is 1. The molecule has 1 aromatic rings. The smallest absolute Gasteiger partial charge is 0.253 e.